The SMILES string of the molecule is O=C(O)c1cc(O)cc(O)c1N=Nc1ccc(C=Cc2ccc(N=Nc3c(O)cc(O)cc3C(=O)O)cc2S(=O)(=O)O)c(S(=O)(=O)O)c1. The Hall–Kier alpha value is -6.22. The third-order valence-corrected chi connectivity index (χ3v) is 7.95. The number of carboxylic acid groups (broad SMARTS) is 2. The lowest BCUT2D eigenvalue weighted by atomic mass is 10.1. The fraction of sp³-hybridized carbons (Fsp3) is 0. The van der Waals surface area contributed by atoms with Gasteiger partial charge in [-0.05, 0) is 47.5 Å². The van der Waals surface area contributed by atoms with Crippen LogP contribution in [0.3, 0.4) is 0 Å². The molecule has 48 heavy (non-hydrogen) atoms. The number of benzene rings is 4. The van der Waals surface area contributed by atoms with Crippen LogP contribution in [0.15, 0.2) is 90.9 Å². The van der Waals surface area contributed by atoms with E-state index in [9.17, 15) is 66.2 Å². The van der Waals surface area contributed by atoms with Crippen molar-refractivity contribution >= 4 is 67.1 Å². The molecule has 0 radical (unpaired) electrons. The van der Waals surface area contributed by atoms with Crippen LogP contribution >= 0.6 is 0 Å². The van der Waals surface area contributed by atoms with Gasteiger partial charge in [-0.3, -0.25) is 9.11 Å². The zero-order valence-corrected chi connectivity index (χ0v) is 25.2. The van der Waals surface area contributed by atoms with E-state index >= 15 is 0 Å². The molecule has 0 heterocycles. The van der Waals surface area contributed by atoms with Gasteiger partial charge < -0.3 is 30.6 Å². The lowest BCUT2D eigenvalue weighted by Gasteiger charge is -2.07. The highest BCUT2D eigenvalue weighted by molar-refractivity contribution is 7.86. The maximum atomic E-state index is 12.2. The zero-order chi connectivity index (χ0) is 35.6. The van der Waals surface area contributed by atoms with E-state index in [1.165, 1.54) is 12.1 Å². The number of aromatic carboxylic acids is 2. The van der Waals surface area contributed by atoms with Crippen molar-refractivity contribution < 1.29 is 66.2 Å². The van der Waals surface area contributed by atoms with E-state index in [0.717, 1.165) is 60.7 Å². The van der Waals surface area contributed by atoms with Crippen LogP contribution in [0.5, 0.6) is 23.0 Å². The van der Waals surface area contributed by atoms with Crippen LogP contribution in [-0.2, 0) is 20.2 Å². The first-order valence-electron chi connectivity index (χ1n) is 12.7. The lowest BCUT2D eigenvalue weighted by Crippen LogP contribution is -2.01. The Morgan fingerprint density at radius 3 is 1.21 bits per heavy atom. The molecule has 0 atom stereocenters. The Kier molecular flexibility index (Phi) is 9.57. The first-order chi connectivity index (χ1) is 22.3. The van der Waals surface area contributed by atoms with Crippen molar-refractivity contribution in [3.05, 3.63) is 82.9 Å². The van der Waals surface area contributed by atoms with Crippen LogP contribution in [0.25, 0.3) is 12.2 Å². The monoisotopic (exact) mass is 700 g/mol. The van der Waals surface area contributed by atoms with Crippen LogP contribution in [0.4, 0.5) is 22.7 Å². The number of carbonyl (C=O) groups is 2. The molecule has 0 aliphatic carbocycles. The van der Waals surface area contributed by atoms with E-state index < -0.39 is 87.5 Å². The minimum absolute atomic E-state index is 0.218. The Balaban J connectivity index is 1.72. The topological polar surface area (TPSA) is 314 Å². The molecule has 4 aromatic carbocycles. The average molecular weight is 701 g/mol. The Morgan fingerprint density at radius 2 is 0.896 bits per heavy atom. The molecule has 0 saturated heterocycles. The number of phenolic OH excluding ortho intramolecular Hbond substituents is 4. The minimum atomic E-state index is -4.98. The Morgan fingerprint density at radius 1 is 0.542 bits per heavy atom. The summed E-state index contributed by atoms with van der Waals surface area (Å²) in [6, 6.07) is 9.40. The van der Waals surface area contributed by atoms with Gasteiger partial charge in [0.1, 0.15) is 44.2 Å². The van der Waals surface area contributed by atoms with Crippen LogP contribution < -0.4 is 0 Å². The van der Waals surface area contributed by atoms with E-state index in [4.69, 9.17) is 0 Å². The highest BCUT2D eigenvalue weighted by Crippen LogP contribution is 2.38. The van der Waals surface area contributed by atoms with Crippen LogP contribution in [0, 0.1) is 0 Å². The summed E-state index contributed by atoms with van der Waals surface area (Å²) in [5.41, 5.74) is -3.33. The second-order valence-electron chi connectivity index (χ2n) is 9.46. The van der Waals surface area contributed by atoms with Gasteiger partial charge >= 0.3 is 11.9 Å². The van der Waals surface area contributed by atoms with Gasteiger partial charge in [0.15, 0.2) is 0 Å². The number of nitrogens with zero attached hydrogens (tertiary/aromatic N) is 4. The average Bonchev–Trinajstić information content (AvgIpc) is 2.97. The van der Waals surface area contributed by atoms with Crippen molar-refractivity contribution in [2.75, 3.05) is 0 Å². The predicted molar refractivity (Wildman–Crippen MR) is 163 cm³/mol. The normalized spacial score (nSPS) is 12.3. The number of phenols is 4. The molecule has 0 fully saturated rings. The van der Waals surface area contributed by atoms with Crippen molar-refractivity contribution in [1.82, 2.24) is 0 Å². The predicted octanol–water partition coefficient (Wildman–Crippen LogP) is 5.40. The second kappa shape index (κ2) is 13.3. The van der Waals surface area contributed by atoms with Crippen molar-refractivity contribution in [3.63, 3.8) is 0 Å². The molecule has 20 heteroatoms. The standard InChI is InChI=1S/C28H20N4O14S2/c33-17-9-19(27(37)38)25(21(35)11-17)31-29-15-5-3-13(23(7-15)47(41,42)43)1-2-14-4-6-16(8-24(14)48(44,45)46)30-32-26-20(28(39)40)10-18(34)12-22(26)36/h1-12,33-36H,(H,37,38)(H,39,40)(H,41,42,43)(H,44,45,46). The van der Waals surface area contributed by atoms with Gasteiger partial charge in [-0.15, -0.1) is 10.2 Å². The number of rotatable bonds is 10. The minimum Gasteiger partial charge on any atom is -0.508 e. The maximum Gasteiger partial charge on any atom is 0.338 e. The van der Waals surface area contributed by atoms with Crippen molar-refractivity contribution in [1.29, 1.82) is 0 Å². The largest absolute Gasteiger partial charge is 0.508 e. The molecule has 248 valence electrons. The van der Waals surface area contributed by atoms with Gasteiger partial charge in [0.25, 0.3) is 20.2 Å². The Labute approximate surface area is 269 Å². The summed E-state index contributed by atoms with van der Waals surface area (Å²) in [6.45, 7) is 0. The highest BCUT2D eigenvalue weighted by atomic mass is 32.2. The summed E-state index contributed by atoms with van der Waals surface area (Å²) in [4.78, 5) is 21.4. The molecular formula is C28H20N4O14S2. The van der Waals surface area contributed by atoms with Crippen LogP contribution in [0.2, 0.25) is 0 Å². The van der Waals surface area contributed by atoms with Crippen molar-refractivity contribution in [2.24, 2.45) is 20.5 Å². The van der Waals surface area contributed by atoms with Gasteiger partial charge in [0.05, 0.1) is 22.5 Å². The molecule has 0 unspecified atom stereocenters. The zero-order valence-electron chi connectivity index (χ0n) is 23.6. The number of hydrogen-bond acceptors (Lipinski definition) is 14. The van der Waals surface area contributed by atoms with Crippen molar-refractivity contribution in [3.8, 4) is 23.0 Å². The lowest BCUT2D eigenvalue weighted by molar-refractivity contribution is 0.0686. The quantitative estimate of drug-likeness (QED) is 0.0583. The number of azo groups is 2. The molecule has 0 spiro atoms. The molecule has 0 aromatic heterocycles. The second-order valence-corrected chi connectivity index (χ2v) is 12.2. The summed E-state index contributed by atoms with van der Waals surface area (Å²) in [6.07, 6.45) is 2.11. The first kappa shape index (κ1) is 34.6. The molecule has 0 bridgehead atoms. The van der Waals surface area contributed by atoms with Crippen LogP contribution in [0.1, 0.15) is 31.8 Å². The van der Waals surface area contributed by atoms with E-state index in [-0.39, 0.29) is 22.5 Å². The maximum absolute atomic E-state index is 12.2. The van der Waals surface area contributed by atoms with E-state index in [2.05, 4.69) is 20.5 Å². The third kappa shape index (κ3) is 7.94. The molecule has 0 aliphatic rings. The molecule has 0 aliphatic heterocycles. The van der Waals surface area contributed by atoms with E-state index in [0.29, 0.717) is 0 Å². The summed E-state index contributed by atoms with van der Waals surface area (Å²) < 4.78 is 68.3. The number of hydrogen-bond donors (Lipinski definition) is 8. The van der Waals surface area contributed by atoms with Crippen molar-refractivity contribution in [2.45, 2.75) is 9.79 Å². The smallest absolute Gasteiger partial charge is 0.338 e. The van der Waals surface area contributed by atoms with Gasteiger partial charge in [-0.25, -0.2) is 9.59 Å². The highest BCUT2D eigenvalue weighted by Gasteiger charge is 2.20. The molecule has 18 nitrogen and oxygen atoms in total. The van der Waals surface area contributed by atoms with E-state index in [1.54, 1.807) is 0 Å². The van der Waals surface area contributed by atoms with Gasteiger partial charge in [0.2, 0.25) is 0 Å². The first-order valence-corrected chi connectivity index (χ1v) is 15.6. The summed E-state index contributed by atoms with van der Waals surface area (Å²) in [7, 11) is -9.95. The molecule has 4 rings (SSSR count). The summed E-state index contributed by atoms with van der Waals surface area (Å²) in [5.74, 6) is -5.80. The number of carboxylic acids is 2. The number of aromatic hydroxyl groups is 4. The summed E-state index contributed by atoms with van der Waals surface area (Å²) in [5, 5.41) is 72.3. The Bertz CT molecular complexity index is 2140. The van der Waals surface area contributed by atoms with Gasteiger partial charge in [0, 0.05) is 12.1 Å². The van der Waals surface area contributed by atoms with Gasteiger partial charge in [-0.1, -0.05) is 24.3 Å². The molecule has 0 amide bonds. The fourth-order valence-corrected chi connectivity index (χ4v) is 5.44. The molecule has 0 saturated carbocycles. The third-order valence-electron chi connectivity index (χ3n) is 6.13. The molecular weight excluding hydrogens is 680 g/mol. The summed E-state index contributed by atoms with van der Waals surface area (Å²) >= 11 is 0. The molecule has 4 aromatic rings. The van der Waals surface area contributed by atoms with Gasteiger partial charge in [-0.2, -0.15) is 27.1 Å². The van der Waals surface area contributed by atoms with Crippen LogP contribution in [-0.4, -0.2) is 68.5 Å². The van der Waals surface area contributed by atoms with E-state index in [1.807, 2.05) is 0 Å². The fourth-order valence-electron chi connectivity index (χ4n) is 4.03. The molecule has 8 N–H and O–H groups in total.